The molecule has 1 amide bonds. The largest absolute Gasteiger partial charge is 0.416 e. The lowest BCUT2D eigenvalue weighted by Crippen LogP contribution is -2.60. The topological polar surface area (TPSA) is 110 Å². The Balaban J connectivity index is 1.33. The van der Waals surface area contributed by atoms with E-state index in [0.29, 0.717) is 73.3 Å². The van der Waals surface area contributed by atoms with Gasteiger partial charge in [0.2, 0.25) is 15.9 Å². The zero-order valence-corrected chi connectivity index (χ0v) is 24.6. The van der Waals surface area contributed by atoms with Crippen LogP contribution >= 0.6 is 0 Å². The Morgan fingerprint density at radius 2 is 1.57 bits per heavy atom. The van der Waals surface area contributed by atoms with Crippen LogP contribution in [0.25, 0.3) is 10.9 Å². The molecule has 3 aromatic rings. The standard InChI is InChI=1S/C30H34F5N5O3S/c31-29(32,20-5-7-21(8-6-20)30(33,34)35)27(28(41)40-23-9-10-24(40)15-22(36)14-23)38-44(42,43)25-11-12-26-19(13-25)16-37-39(26)17-18-3-1-2-4-18/h5-8,11-13,16,18,22-24,27,38H,1-4,9-10,14-15,17,36H2. The summed E-state index contributed by atoms with van der Waals surface area (Å²) in [5.41, 5.74) is 4.72. The Morgan fingerprint density at radius 3 is 2.18 bits per heavy atom. The summed E-state index contributed by atoms with van der Waals surface area (Å²) in [5, 5.41) is 4.89. The first-order valence-electron chi connectivity index (χ1n) is 14.9. The molecular weight excluding hydrogens is 605 g/mol. The van der Waals surface area contributed by atoms with Crippen LogP contribution in [0, 0.1) is 5.92 Å². The van der Waals surface area contributed by atoms with E-state index in [1.807, 2.05) is 4.72 Å². The molecule has 3 fully saturated rings. The van der Waals surface area contributed by atoms with Crippen molar-refractivity contribution in [3.8, 4) is 0 Å². The number of piperidine rings is 1. The molecule has 3 heterocycles. The Morgan fingerprint density at radius 1 is 0.955 bits per heavy atom. The molecule has 3 N–H and O–H groups in total. The highest BCUT2D eigenvalue weighted by molar-refractivity contribution is 7.89. The van der Waals surface area contributed by atoms with E-state index in [0.717, 1.165) is 25.7 Å². The zero-order valence-electron chi connectivity index (χ0n) is 23.8. The number of aromatic nitrogens is 2. The van der Waals surface area contributed by atoms with Crippen LogP contribution in [0.2, 0.25) is 0 Å². The van der Waals surface area contributed by atoms with Gasteiger partial charge in [0.05, 0.1) is 22.2 Å². The number of hydrogen-bond acceptors (Lipinski definition) is 5. The van der Waals surface area contributed by atoms with E-state index < -0.39 is 57.3 Å². The summed E-state index contributed by atoms with van der Waals surface area (Å²) in [6.07, 6.45) is 3.08. The second-order valence-corrected chi connectivity index (χ2v) is 14.0. The van der Waals surface area contributed by atoms with Crippen LogP contribution in [0.15, 0.2) is 53.6 Å². The SMILES string of the molecule is NC1CC2CCC(C1)N2C(=O)C(NS(=O)(=O)c1ccc2c(cnn2CC2CCCC2)c1)C(F)(F)c1ccc(C(F)(F)F)cc1. The summed E-state index contributed by atoms with van der Waals surface area (Å²) in [6.45, 7) is 0.686. The number of alkyl halides is 5. The first-order chi connectivity index (χ1) is 20.7. The highest BCUT2D eigenvalue weighted by atomic mass is 32.2. The lowest BCUT2D eigenvalue weighted by molar-refractivity contribution is -0.149. The highest BCUT2D eigenvalue weighted by Gasteiger charge is 2.54. The monoisotopic (exact) mass is 639 g/mol. The van der Waals surface area contributed by atoms with Crippen molar-refractivity contribution in [3.63, 3.8) is 0 Å². The van der Waals surface area contributed by atoms with Crippen LogP contribution < -0.4 is 10.5 Å². The van der Waals surface area contributed by atoms with Gasteiger partial charge in [0.25, 0.3) is 5.92 Å². The maximum absolute atomic E-state index is 16.2. The molecule has 2 aromatic carbocycles. The van der Waals surface area contributed by atoms with E-state index in [1.165, 1.54) is 23.2 Å². The number of carbonyl (C=O) groups is 1. The third-order valence-corrected chi connectivity index (χ3v) is 10.8. The van der Waals surface area contributed by atoms with Gasteiger partial charge in [0.15, 0.2) is 6.04 Å². The number of nitrogens with zero attached hydrogens (tertiary/aromatic N) is 3. The van der Waals surface area contributed by atoms with Crippen molar-refractivity contribution in [1.82, 2.24) is 19.4 Å². The molecule has 2 bridgehead atoms. The Labute approximate surface area is 251 Å². The van der Waals surface area contributed by atoms with Gasteiger partial charge in [0, 0.05) is 35.6 Å². The normalized spacial score (nSPS) is 23.9. The predicted octanol–water partition coefficient (Wildman–Crippen LogP) is 5.16. The average molecular weight is 640 g/mol. The van der Waals surface area contributed by atoms with Gasteiger partial charge in [-0.05, 0) is 74.8 Å². The van der Waals surface area contributed by atoms with Crippen LogP contribution in [0.4, 0.5) is 22.0 Å². The van der Waals surface area contributed by atoms with Crippen LogP contribution in [0.5, 0.6) is 0 Å². The number of benzene rings is 2. The molecule has 0 spiro atoms. The summed E-state index contributed by atoms with van der Waals surface area (Å²) < 4.78 is 103. The molecule has 1 saturated carbocycles. The third kappa shape index (κ3) is 5.83. The summed E-state index contributed by atoms with van der Waals surface area (Å²) >= 11 is 0. The number of fused-ring (bicyclic) bond motifs is 3. The fourth-order valence-electron chi connectivity index (χ4n) is 7.09. The molecule has 3 atom stereocenters. The minimum absolute atomic E-state index is 0.219. The van der Waals surface area contributed by atoms with Crippen molar-refractivity contribution in [2.24, 2.45) is 11.7 Å². The summed E-state index contributed by atoms with van der Waals surface area (Å²) in [4.78, 5) is 14.8. The summed E-state index contributed by atoms with van der Waals surface area (Å²) in [7, 11) is -4.71. The number of nitrogens with two attached hydrogens (primary N) is 1. The lowest BCUT2D eigenvalue weighted by Gasteiger charge is -2.41. The molecule has 0 radical (unpaired) electrons. The molecule has 3 aliphatic rings. The first kappa shape index (κ1) is 30.9. The molecule has 8 nitrogen and oxygen atoms in total. The van der Waals surface area contributed by atoms with E-state index in [2.05, 4.69) is 5.10 Å². The van der Waals surface area contributed by atoms with Crippen LogP contribution in [0.3, 0.4) is 0 Å². The number of carbonyl (C=O) groups excluding carboxylic acids is 1. The molecule has 6 rings (SSSR count). The van der Waals surface area contributed by atoms with Gasteiger partial charge >= 0.3 is 6.18 Å². The summed E-state index contributed by atoms with van der Waals surface area (Å²) in [5.74, 6) is -4.85. The quantitative estimate of drug-likeness (QED) is 0.331. The Kier molecular flexibility index (Phi) is 7.98. The van der Waals surface area contributed by atoms with E-state index in [1.54, 1.807) is 10.7 Å². The van der Waals surface area contributed by atoms with Gasteiger partial charge in [-0.15, -0.1) is 0 Å². The van der Waals surface area contributed by atoms with Crippen LogP contribution in [-0.4, -0.2) is 53.2 Å². The second-order valence-electron chi connectivity index (χ2n) is 12.3. The molecule has 2 saturated heterocycles. The van der Waals surface area contributed by atoms with Gasteiger partial charge in [-0.3, -0.25) is 9.48 Å². The molecule has 238 valence electrons. The van der Waals surface area contributed by atoms with Crippen molar-refractivity contribution < 1.29 is 35.2 Å². The molecule has 14 heteroatoms. The van der Waals surface area contributed by atoms with Crippen molar-refractivity contribution in [3.05, 3.63) is 59.8 Å². The fourth-order valence-corrected chi connectivity index (χ4v) is 8.32. The van der Waals surface area contributed by atoms with Crippen molar-refractivity contribution >= 4 is 26.8 Å². The van der Waals surface area contributed by atoms with Crippen LogP contribution in [-0.2, 0) is 33.5 Å². The highest BCUT2D eigenvalue weighted by Crippen LogP contribution is 2.41. The molecule has 2 aliphatic heterocycles. The molecule has 44 heavy (non-hydrogen) atoms. The van der Waals surface area contributed by atoms with Gasteiger partial charge < -0.3 is 10.6 Å². The average Bonchev–Trinajstić information content (AvgIpc) is 3.70. The van der Waals surface area contributed by atoms with Crippen LogP contribution in [0.1, 0.15) is 62.5 Å². The minimum Gasteiger partial charge on any atom is -0.335 e. The fraction of sp³-hybridized carbons (Fsp3) is 0.533. The zero-order chi connectivity index (χ0) is 31.4. The maximum Gasteiger partial charge on any atom is 0.416 e. The van der Waals surface area contributed by atoms with Crippen molar-refractivity contribution in [2.45, 2.75) is 99.1 Å². The number of amides is 1. The smallest absolute Gasteiger partial charge is 0.335 e. The van der Waals surface area contributed by atoms with Gasteiger partial charge in [-0.1, -0.05) is 25.0 Å². The van der Waals surface area contributed by atoms with Gasteiger partial charge in [0.1, 0.15) is 0 Å². The number of hydrogen-bond donors (Lipinski definition) is 2. The maximum atomic E-state index is 16.2. The first-order valence-corrected chi connectivity index (χ1v) is 16.3. The summed E-state index contributed by atoms with van der Waals surface area (Å²) in [6, 6.07) is 2.57. The molecular formula is C30H34F5N5O3S. The number of nitrogens with one attached hydrogen (secondary N) is 1. The van der Waals surface area contributed by atoms with Gasteiger partial charge in [-0.2, -0.15) is 31.8 Å². The molecule has 1 aliphatic carbocycles. The lowest BCUT2D eigenvalue weighted by atomic mass is 9.94. The number of halogens is 5. The number of rotatable bonds is 8. The predicted molar refractivity (Wildman–Crippen MR) is 152 cm³/mol. The van der Waals surface area contributed by atoms with E-state index in [9.17, 15) is 26.4 Å². The second kappa shape index (κ2) is 11.4. The third-order valence-electron chi connectivity index (χ3n) is 9.33. The van der Waals surface area contributed by atoms with E-state index in [-0.39, 0.29) is 10.9 Å². The Hall–Kier alpha value is -3.10. The molecule has 3 unspecified atom stereocenters. The van der Waals surface area contributed by atoms with E-state index in [4.69, 9.17) is 5.73 Å². The van der Waals surface area contributed by atoms with Gasteiger partial charge in [-0.25, -0.2) is 8.42 Å². The van der Waals surface area contributed by atoms with E-state index >= 15 is 8.78 Å². The minimum atomic E-state index is -4.76. The Bertz CT molecular complexity index is 1620. The van der Waals surface area contributed by atoms with Crippen molar-refractivity contribution in [2.75, 3.05) is 0 Å². The molecule has 1 aromatic heterocycles. The van der Waals surface area contributed by atoms with Crippen molar-refractivity contribution in [1.29, 1.82) is 0 Å². The number of sulfonamides is 1.